The Morgan fingerprint density at radius 3 is 2.81 bits per heavy atom. The van der Waals surface area contributed by atoms with E-state index in [1.54, 1.807) is 6.33 Å². The van der Waals surface area contributed by atoms with E-state index in [1.807, 2.05) is 13.1 Å². The van der Waals surface area contributed by atoms with Crippen LogP contribution in [0.2, 0.25) is 0 Å². The average Bonchev–Trinajstić information content (AvgIpc) is 2.80. The summed E-state index contributed by atoms with van der Waals surface area (Å²) in [6.45, 7) is 7.36. The van der Waals surface area contributed by atoms with Gasteiger partial charge in [0.2, 0.25) is 0 Å². The van der Waals surface area contributed by atoms with Gasteiger partial charge in [-0.2, -0.15) is 0 Å². The molecular weight excluding hydrogens is 392 g/mol. The van der Waals surface area contributed by atoms with Gasteiger partial charge in [0.1, 0.15) is 18.0 Å². The molecule has 0 aliphatic carbocycles. The zero-order chi connectivity index (χ0) is 21.5. The number of ether oxygens (including phenoxy) is 1. The monoisotopic (exact) mass is 426 g/mol. The minimum Gasteiger partial charge on any atom is -0.387 e. The lowest BCUT2D eigenvalue weighted by atomic mass is 9.92. The average molecular weight is 427 g/mol. The molecule has 3 N–H and O–H groups in total. The number of morpholine rings is 1. The van der Waals surface area contributed by atoms with E-state index in [1.165, 1.54) is 11.1 Å². The van der Waals surface area contributed by atoms with Crippen molar-refractivity contribution in [2.24, 2.45) is 0 Å². The topological polar surface area (TPSA) is 85.8 Å². The highest BCUT2D eigenvalue weighted by Gasteiger charge is 2.33. The molecule has 1 aromatic carbocycles. The van der Waals surface area contributed by atoms with Gasteiger partial charge in [-0.1, -0.05) is 24.3 Å². The van der Waals surface area contributed by atoms with Crippen LogP contribution in [0.15, 0.2) is 36.7 Å². The van der Waals surface area contributed by atoms with Crippen LogP contribution in [0.5, 0.6) is 0 Å². The Kier molecular flexibility index (Phi) is 7.34. The number of hydrogen-bond donors (Lipinski definition) is 3. The second kappa shape index (κ2) is 10.4. The molecule has 8 nitrogen and oxygen atoms in total. The maximum Gasteiger partial charge on any atom is 0.134 e. The summed E-state index contributed by atoms with van der Waals surface area (Å²) in [4.78, 5) is 13.2. The van der Waals surface area contributed by atoms with Crippen molar-refractivity contribution in [1.82, 2.24) is 20.2 Å². The standard InChI is InChI=1S/C23H34N6O2/c1-24-21-13-22(27-18-26-21)29-7-3-6-23(30,17-29)16-25-14-19-4-2-5-20(12-19)15-28-8-10-31-11-9-28/h2,4-5,12-13,18,25,30H,3,6-11,14-17H2,1H3,(H,24,26,27)/t23-/m0/s1. The number of β-amino-alcohol motifs (C(OH)–C–C–N with tert-alkyl or cyclic N) is 1. The molecule has 1 atom stereocenters. The molecular formula is C23H34N6O2. The van der Waals surface area contributed by atoms with Crippen molar-refractivity contribution in [3.63, 3.8) is 0 Å². The van der Waals surface area contributed by atoms with Crippen LogP contribution < -0.4 is 15.5 Å². The van der Waals surface area contributed by atoms with E-state index >= 15 is 0 Å². The summed E-state index contributed by atoms with van der Waals surface area (Å²) >= 11 is 0. The van der Waals surface area contributed by atoms with Crippen LogP contribution in [-0.4, -0.2) is 78.6 Å². The molecule has 0 bridgehead atoms. The zero-order valence-corrected chi connectivity index (χ0v) is 18.4. The highest BCUT2D eigenvalue weighted by molar-refractivity contribution is 5.48. The molecule has 0 amide bonds. The smallest absolute Gasteiger partial charge is 0.134 e. The Morgan fingerprint density at radius 1 is 1.13 bits per heavy atom. The van der Waals surface area contributed by atoms with Gasteiger partial charge in [-0.05, 0) is 24.0 Å². The van der Waals surface area contributed by atoms with Gasteiger partial charge in [-0.15, -0.1) is 0 Å². The van der Waals surface area contributed by atoms with Gasteiger partial charge in [-0.3, -0.25) is 4.90 Å². The highest BCUT2D eigenvalue weighted by atomic mass is 16.5. The predicted molar refractivity (Wildman–Crippen MR) is 122 cm³/mol. The number of nitrogens with one attached hydrogen (secondary N) is 2. The number of rotatable bonds is 8. The predicted octanol–water partition coefficient (Wildman–Crippen LogP) is 1.47. The van der Waals surface area contributed by atoms with E-state index in [0.29, 0.717) is 13.1 Å². The summed E-state index contributed by atoms with van der Waals surface area (Å²) in [6.07, 6.45) is 3.29. The van der Waals surface area contributed by atoms with Crippen LogP contribution in [-0.2, 0) is 17.8 Å². The van der Waals surface area contributed by atoms with E-state index < -0.39 is 5.60 Å². The number of nitrogens with zero attached hydrogens (tertiary/aromatic N) is 4. The lowest BCUT2D eigenvalue weighted by molar-refractivity contribution is 0.0259. The number of aliphatic hydroxyl groups is 1. The Morgan fingerprint density at radius 2 is 1.97 bits per heavy atom. The van der Waals surface area contributed by atoms with Gasteiger partial charge >= 0.3 is 0 Å². The lowest BCUT2D eigenvalue weighted by Crippen LogP contribution is -2.53. The van der Waals surface area contributed by atoms with Crippen molar-refractivity contribution in [3.05, 3.63) is 47.8 Å². The summed E-state index contributed by atoms with van der Waals surface area (Å²) in [5.41, 5.74) is 1.80. The van der Waals surface area contributed by atoms with Crippen LogP contribution >= 0.6 is 0 Å². The molecule has 31 heavy (non-hydrogen) atoms. The molecule has 4 rings (SSSR count). The van der Waals surface area contributed by atoms with Gasteiger partial charge in [-0.25, -0.2) is 9.97 Å². The summed E-state index contributed by atoms with van der Waals surface area (Å²) in [6, 6.07) is 10.6. The normalized spacial score (nSPS) is 22.5. The Bertz CT molecular complexity index is 844. The molecule has 8 heteroatoms. The van der Waals surface area contributed by atoms with Crippen LogP contribution in [0.4, 0.5) is 11.6 Å². The third-order valence-electron chi connectivity index (χ3n) is 6.07. The third-order valence-corrected chi connectivity index (χ3v) is 6.07. The Hall–Kier alpha value is -2.26. The van der Waals surface area contributed by atoms with Crippen LogP contribution in [0, 0.1) is 0 Å². The van der Waals surface area contributed by atoms with E-state index in [9.17, 15) is 5.11 Å². The zero-order valence-electron chi connectivity index (χ0n) is 18.4. The van der Waals surface area contributed by atoms with Crippen molar-refractivity contribution in [3.8, 4) is 0 Å². The number of anilines is 2. The quantitative estimate of drug-likeness (QED) is 0.585. The van der Waals surface area contributed by atoms with Crippen LogP contribution in [0.25, 0.3) is 0 Å². The van der Waals surface area contributed by atoms with E-state index in [2.05, 4.69) is 54.7 Å². The van der Waals surface area contributed by atoms with Crippen molar-refractivity contribution < 1.29 is 9.84 Å². The minimum absolute atomic E-state index is 0.557. The first kappa shape index (κ1) is 22.0. The first-order chi connectivity index (χ1) is 15.1. The van der Waals surface area contributed by atoms with Gasteiger partial charge < -0.3 is 25.4 Å². The molecule has 2 saturated heterocycles. The van der Waals surface area contributed by atoms with E-state index in [-0.39, 0.29) is 0 Å². The molecule has 2 aliphatic rings. The van der Waals surface area contributed by atoms with Crippen LogP contribution in [0.1, 0.15) is 24.0 Å². The second-order valence-corrected chi connectivity index (χ2v) is 8.57. The fourth-order valence-corrected chi connectivity index (χ4v) is 4.40. The summed E-state index contributed by atoms with van der Waals surface area (Å²) < 4.78 is 5.44. The first-order valence-electron chi connectivity index (χ1n) is 11.2. The molecule has 0 radical (unpaired) electrons. The van der Waals surface area contributed by atoms with Gasteiger partial charge in [0.05, 0.1) is 18.8 Å². The van der Waals surface area contributed by atoms with Crippen molar-refractivity contribution in [1.29, 1.82) is 0 Å². The molecule has 0 unspecified atom stereocenters. The Balaban J connectivity index is 1.29. The fourth-order valence-electron chi connectivity index (χ4n) is 4.40. The molecule has 1 aromatic heterocycles. The summed E-state index contributed by atoms with van der Waals surface area (Å²) in [7, 11) is 1.85. The molecule has 3 heterocycles. The maximum atomic E-state index is 11.2. The SMILES string of the molecule is CNc1cc(N2CCC[C@](O)(CNCc3cccc(CN4CCOCC4)c3)C2)ncn1. The van der Waals surface area contributed by atoms with Gasteiger partial charge in [0.15, 0.2) is 0 Å². The summed E-state index contributed by atoms with van der Waals surface area (Å²) in [5, 5.41) is 17.7. The van der Waals surface area contributed by atoms with Gasteiger partial charge in [0.25, 0.3) is 0 Å². The molecule has 2 fully saturated rings. The molecule has 168 valence electrons. The van der Waals surface area contributed by atoms with Crippen molar-refractivity contribution >= 4 is 11.6 Å². The number of hydrogen-bond acceptors (Lipinski definition) is 8. The van der Waals surface area contributed by atoms with Crippen molar-refractivity contribution in [2.45, 2.75) is 31.5 Å². The number of aromatic nitrogens is 2. The third kappa shape index (κ3) is 6.13. The highest BCUT2D eigenvalue weighted by Crippen LogP contribution is 2.25. The lowest BCUT2D eigenvalue weighted by Gasteiger charge is -2.40. The van der Waals surface area contributed by atoms with E-state index in [0.717, 1.165) is 70.4 Å². The van der Waals surface area contributed by atoms with Crippen molar-refractivity contribution in [2.75, 3.05) is 63.2 Å². The van der Waals surface area contributed by atoms with Gasteiger partial charge in [0, 0.05) is 58.9 Å². The number of piperidine rings is 1. The summed E-state index contributed by atoms with van der Waals surface area (Å²) in [5.74, 6) is 1.64. The minimum atomic E-state index is -0.769. The molecule has 2 aliphatic heterocycles. The number of benzene rings is 1. The molecule has 0 spiro atoms. The molecule has 0 saturated carbocycles. The fraction of sp³-hybridized carbons (Fsp3) is 0.565. The van der Waals surface area contributed by atoms with Crippen LogP contribution in [0.3, 0.4) is 0 Å². The molecule has 2 aromatic rings. The first-order valence-corrected chi connectivity index (χ1v) is 11.2. The maximum absolute atomic E-state index is 11.2. The Labute approximate surface area is 184 Å². The second-order valence-electron chi connectivity index (χ2n) is 8.57. The van der Waals surface area contributed by atoms with E-state index in [4.69, 9.17) is 4.74 Å². The largest absolute Gasteiger partial charge is 0.387 e.